The maximum Gasteiger partial charge on any atom is 0.147 e. The Morgan fingerprint density at radius 2 is 1.62 bits per heavy atom. The molecule has 0 saturated heterocycles. The molecule has 1 unspecified atom stereocenters. The van der Waals surface area contributed by atoms with E-state index in [1.54, 1.807) is 6.20 Å². The van der Waals surface area contributed by atoms with Crippen LogP contribution in [0.4, 0.5) is 0 Å². The maximum atomic E-state index is 6.12. The van der Waals surface area contributed by atoms with Gasteiger partial charge in [-0.3, -0.25) is 0 Å². The van der Waals surface area contributed by atoms with Crippen LogP contribution < -0.4 is 0 Å². The van der Waals surface area contributed by atoms with E-state index in [0.717, 1.165) is 23.0 Å². The first-order chi connectivity index (χ1) is 14.1. The third kappa shape index (κ3) is 6.46. The summed E-state index contributed by atoms with van der Waals surface area (Å²) in [5.74, 6) is 2.43. The van der Waals surface area contributed by atoms with Gasteiger partial charge in [0, 0.05) is 11.8 Å². The molecule has 3 rings (SSSR count). The summed E-state index contributed by atoms with van der Waals surface area (Å²) in [6, 6.07) is 10.8. The van der Waals surface area contributed by atoms with Gasteiger partial charge in [-0.1, -0.05) is 113 Å². The van der Waals surface area contributed by atoms with Gasteiger partial charge >= 0.3 is 0 Å². The Hall–Kier alpha value is -1.05. The number of pyridine rings is 1. The number of rotatable bonds is 9. The summed E-state index contributed by atoms with van der Waals surface area (Å²) in [4.78, 5) is 4.16. The Bertz CT molecular complexity index is 748. The second-order valence-electron chi connectivity index (χ2n) is 8.89. The van der Waals surface area contributed by atoms with E-state index in [0.29, 0.717) is 16.1 Å². The SMILES string of the molecule is CCCCCCCC1CCC(C(C)c2ccc(-c3cnc(Cl)c(Cl)c3)cc2)CC1. The lowest BCUT2D eigenvalue weighted by Crippen LogP contribution is -2.19. The fourth-order valence-electron chi connectivity index (χ4n) is 4.84. The summed E-state index contributed by atoms with van der Waals surface area (Å²) in [6.45, 7) is 4.70. The first kappa shape index (κ1) is 22.6. The number of nitrogens with zero attached hydrogens (tertiary/aromatic N) is 1. The predicted molar refractivity (Wildman–Crippen MR) is 127 cm³/mol. The number of hydrogen-bond acceptors (Lipinski definition) is 1. The Balaban J connectivity index is 1.49. The van der Waals surface area contributed by atoms with Crippen LogP contribution in [0.5, 0.6) is 0 Å². The average Bonchev–Trinajstić information content (AvgIpc) is 2.75. The van der Waals surface area contributed by atoms with E-state index in [2.05, 4.69) is 43.1 Å². The van der Waals surface area contributed by atoms with Crippen molar-refractivity contribution in [3.8, 4) is 11.1 Å². The summed E-state index contributed by atoms with van der Waals surface area (Å²) in [5, 5.41) is 0.862. The van der Waals surface area contributed by atoms with Crippen molar-refractivity contribution in [2.24, 2.45) is 11.8 Å². The smallest absolute Gasteiger partial charge is 0.147 e. The predicted octanol–water partition coefficient (Wildman–Crippen LogP) is 9.33. The van der Waals surface area contributed by atoms with E-state index in [9.17, 15) is 0 Å². The molecule has 1 aromatic heterocycles. The van der Waals surface area contributed by atoms with Crippen LogP contribution in [0.25, 0.3) is 11.1 Å². The molecule has 29 heavy (non-hydrogen) atoms. The number of unbranched alkanes of at least 4 members (excludes halogenated alkanes) is 4. The molecule has 1 aliphatic carbocycles. The zero-order chi connectivity index (χ0) is 20.6. The van der Waals surface area contributed by atoms with Gasteiger partial charge in [-0.2, -0.15) is 0 Å². The highest BCUT2D eigenvalue weighted by molar-refractivity contribution is 6.41. The summed E-state index contributed by atoms with van der Waals surface area (Å²) in [6.07, 6.45) is 15.9. The molecule has 0 radical (unpaired) electrons. The summed E-state index contributed by atoms with van der Waals surface area (Å²) >= 11 is 12.1. The Labute approximate surface area is 187 Å². The minimum atomic E-state index is 0.359. The van der Waals surface area contributed by atoms with E-state index < -0.39 is 0 Å². The highest BCUT2D eigenvalue weighted by Crippen LogP contribution is 2.40. The number of aromatic nitrogens is 1. The quantitative estimate of drug-likeness (QED) is 0.284. The van der Waals surface area contributed by atoms with Gasteiger partial charge in [0.25, 0.3) is 0 Å². The molecule has 1 saturated carbocycles. The fourth-order valence-corrected chi connectivity index (χ4v) is 5.11. The van der Waals surface area contributed by atoms with E-state index >= 15 is 0 Å². The van der Waals surface area contributed by atoms with Crippen LogP contribution in [-0.4, -0.2) is 4.98 Å². The highest BCUT2D eigenvalue weighted by Gasteiger charge is 2.25. The number of halogens is 2. The molecular weight excluding hydrogens is 397 g/mol. The zero-order valence-electron chi connectivity index (χ0n) is 18.0. The number of benzene rings is 1. The Morgan fingerprint density at radius 1 is 0.931 bits per heavy atom. The van der Waals surface area contributed by atoms with Crippen LogP contribution >= 0.6 is 23.2 Å². The lowest BCUT2D eigenvalue weighted by Gasteiger charge is -2.32. The van der Waals surface area contributed by atoms with Gasteiger partial charge in [-0.25, -0.2) is 4.98 Å². The van der Waals surface area contributed by atoms with Crippen molar-refractivity contribution in [1.82, 2.24) is 4.98 Å². The monoisotopic (exact) mass is 431 g/mol. The van der Waals surface area contributed by atoms with Crippen LogP contribution in [0.15, 0.2) is 36.5 Å². The normalized spacial score (nSPS) is 20.6. The van der Waals surface area contributed by atoms with E-state index in [1.165, 1.54) is 69.8 Å². The third-order valence-corrected chi connectivity index (χ3v) is 7.57. The van der Waals surface area contributed by atoms with Crippen LogP contribution in [0.1, 0.15) is 89.5 Å². The van der Waals surface area contributed by atoms with E-state index in [4.69, 9.17) is 23.2 Å². The molecular formula is C26H35Cl2N. The lowest BCUT2D eigenvalue weighted by atomic mass is 9.73. The molecule has 3 heteroatoms. The van der Waals surface area contributed by atoms with Gasteiger partial charge in [0.15, 0.2) is 0 Å². The standard InChI is InChI=1S/C26H35Cl2N/c1-3-4-5-6-7-8-20-9-11-21(12-10-20)19(2)22-13-15-23(16-14-22)24-17-25(27)26(28)29-18-24/h13-21H,3-12H2,1-2H3. The summed E-state index contributed by atoms with van der Waals surface area (Å²) in [7, 11) is 0. The molecule has 1 heterocycles. The van der Waals surface area contributed by atoms with Gasteiger partial charge < -0.3 is 0 Å². The average molecular weight is 432 g/mol. The van der Waals surface area contributed by atoms with Gasteiger partial charge in [0.2, 0.25) is 0 Å². The first-order valence-corrected chi connectivity index (χ1v) is 12.3. The molecule has 0 amide bonds. The molecule has 0 N–H and O–H groups in total. The van der Waals surface area contributed by atoms with Gasteiger partial charge in [0.1, 0.15) is 5.15 Å². The largest absolute Gasteiger partial charge is 0.242 e. The van der Waals surface area contributed by atoms with Crippen LogP contribution in [0, 0.1) is 11.8 Å². The fraction of sp³-hybridized carbons (Fsp3) is 0.577. The van der Waals surface area contributed by atoms with Gasteiger partial charge in [0.05, 0.1) is 5.02 Å². The second-order valence-corrected chi connectivity index (χ2v) is 9.66. The molecule has 1 nitrogen and oxygen atoms in total. The molecule has 1 atom stereocenters. The molecule has 1 fully saturated rings. The minimum Gasteiger partial charge on any atom is -0.242 e. The van der Waals surface area contributed by atoms with Crippen LogP contribution in [-0.2, 0) is 0 Å². The molecule has 1 aromatic carbocycles. The topological polar surface area (TPSA) is 12.9 Å². The van der Waals surface area contributed by atoms with Crippen LogP contribution in [0.2, 0.25) is 10.2 Å². The van der Waals surface area contributed by atoms with Crippen molar-refractivity contribution in [2.75, 3.05) is 0 Å². The molecule has 0 aliphatic heterocycles. The molecule has 158 valence electrons. The Morgan fingerprint density at radius 3 is 2.28 bits per heavy atom. The van der Waals surface area contributed by atoms with E-state index in [1.807, 2.05) is 6.07 Å². The molecule has 0 bridgehead atoms. The second kappa shape index (κ2) is 11.4. The maximum absolute atomic E-state index is 6.12. The lowest BCUT2D eigenvalue weighted by molar-refractivity contribution is 0.236. The third-order valence-electron chi connectivity index (χ3n) is 6.88. The van der Waals surface area contributed by atoms with Crippen molar-refractivity contribution in [3.63, 3.8) is 0 Å². The Kier molecular flexibility index (Phi) is 8.87. The molecule has 1 aliphatic rings. The minimum absolute atomic E-state index is 0.359. The first-order valence-electron chi connectivity index (χ1n) is 11.5. The summed E-state index contributed by atoms with van der Waals surface area (Å²) in [5.41, 5.74) is 3.60. The zero-order valence-corrected chi connectivity index (χ0v) is 19.5. The van der Waals surface area contributed by atoms with Gasteiger partial charge in [-0.05, 0) is 47.8 Å². The molecule has 0 spiro atoms. The van der Waals surface area contributed by atoms with Crippen LogP contribution in [0.3, 0.4) is 0 Å². The molecule has 2 aromatic rings. The van der Waals surface area contributed by atoms with E-state index in [-0.39, 0.29) is 0 Å². The van der Waals surface area contributed by atoms with Crippen molar-refractivity contribution < 1.29 is 0 Å². The van der Waals surface area contributed by atoms with Crippen molar-refractivity contribution in [1.29, 1.82) is 0 Å². The van der Waals surface area contributed by atoms with Crippen molar-refractivity contribution in [2.45, 2.75) is 84.0 Å². The van der Waals surface area contributed by atoms with Crippen molar-refractivity contribution >= 4 is 23.2 Å². The number of hydrogen-bond donors (Lipinski definition) is 0. The van der Waals surface area contributed by atoms with Crippen molar-refractivity contribution in [3.05, 3.63) is 52.3 Å². The summed E-state index contributed by atoms with van der Waals surface area (Å²) < 4.78 is 0. The van der Waals surface area contributed by atoms with Gasteiger partial charge in [-0.15, -0.1) is 0 Å². The highest BCUT2D eigenvalue weighted by atomic mass is 35.5.